The van der Waals surface area contributed by atoms with E-state index in [0.717, 1.165) is 0 Å². The van der Waals surface area contributed by atoms with Gasteiger partial charge in [-0.25, -0.2) is 4.79 Å². The van der Waals surface area contributed by atoms with Crippen molar-refractivity contribution in [3.63, 3.8) is 0 Å². The minimum atomic E-state index is -0.708. The summed E-state index contributed by atoms with van der Waals surface area (Å²) in [5, 5.41) is 2.74. The van der Waals surface area contributed by atoms with Gasteiger partial charge in [0.15, 0.2) is 0 Å². The Labute approximate surface area is 144 Å². The van der Waals surface area contributed by atoms with Crippen molar-refractivity contribution in [3.05, 3.63) is 24.3 Å². The Bertz CT molecular complexity index is 478. The van der Waals surface area contributed by atoms with Gasteiger partial charge in [-0.3, -0.25) is 9.59 Å². The van der Waals surface area contributed by atoms with Gasteiger partial charge in [0.1, 0.15) is 13.2 Å². The fraction of sp³-hybridized carbons (Fsp3) is 0.611. The van der Waals surface area contributed by atoms with Crippen molar-refractivity contribution >= 4 is 17.8 Å². The number of hydrogen-bond acceptors (Lipinski definition) is 5. The second kappa shape index (κ2) is 9.90. The van der Waals surface area contributed by atoms with E-state index >= 15 is 0 Å². The quantitative estimate of drug-likeness (QED) is 0.488. The second-order valence-corrected chi connectivity index (χ2v) is 6.44. The van der Waals surface area contributed by atoms with Crippen molar-refractivity contribution in [2.24, 2.45) is 11.3 Å². The number of nitrogens with one attached hydrogen (secondary N) is 1. The summed E-state index contributed by atoms with van der Waals surface area (Å²) < 4.78 is 10.6. The zero-order valence-corrected chi connectivity index (χ0v) is 15.4. The lowest BCUT2D eigenvalue weighted by Gasteiger charge is -2.32. The van der Waals surface area contributed by atoms with Crippen LogP contribution in [0, 0.1) is 11.3 Å². The van der Waals surface area contributed by atoms with Crippen LogP contribution in [0.2, 0.25) is 0 Å². The number of ether oxygens (including phenoxy) is 2. The number of esters is 2. The van der Waals surface area contributed by atoms with Crippen LogP contribution in [0.4, 0.5) is 0 Å². The Morgan fingerprint density at radius 1 is 1.04 bits per heavy atom. The molecule has 0 aliphatic carbocycles. The topological polar surface area (TPSA) is 81.7 Å². The Balaban J connectivity index is 5.07. The first kappa shape index (κ1) is 21.9. The van der Waals surface area contributed by atoms with E-state index < -0.39 is 11.4 Å². The van der Waals surface area contributed by atoms with Gasteiger partial charge in [0.2, 0.25) is 5.91 Å². The van der Waals surface area contributed by atoms with E-state index in [0.29, 0.717) is 12.0 Å². The highest BCUT2D eigenvalue weighted by atomic mass is 16.5. The van der Waals surface area contributed by atoms with Crippen molar-refractivity contribution in [3.8, 4) is 0 Å². The first-order chi connectivity index (χ1) is 11.0. The fourth-order valence-corrected chi connectivity index (χ4v) is 1.62. The van der Waals surface area contributed by atoms with Crippen LogP contribution in [-0.2, 0) is 23.9 Å². The summed E-state index contributed by atoms with van der Waals surface area (Å²) in [6.45, 7) is 15.9. The van der Waals surface area contributed by atoms with Gasteiger partial charge in [-0.05, 0) is 20.3 Å². The molecular formula is C18H29NO5. The molecule has 0 aromatic heterocycles. The average Bonchev–Trinajstić information content (AvgIpc) is 2.53. The van der Waals surface area contributed by atoms with E-state index in [9.17, 15) is 14.4 Å². The third-order valence-corrected chi connectivity index (χ3v) is 3.61. The molecule has 0 bridgehead atoms. The second-order valence-electron chi connectivity index (χ2n) is 6.44. The largest absolute Gasteiger partial charge is 0.465 e. The molecule has 136 valence electrons. The normalized spacial score (nSPS) is 12.9. The molecule has 0 aliphatic heterocycles. The highest BCUT2D eigenvalue weighted by Gasteiger charge is 2.33. The summed E-state index contributed by atoms with van der Waals surface area (Å²) in [6.07, 6.45) is 0.540. The summed E-state index contributed by atoms with van der Waals surface area (Å²) in [4.78, 5) is 35.2. The Hall–Kier alpha value is -2.11. The van der Waals surface area contributed by atoms with Gasteiger partial charge in [0.25, 0.3) is 0 Å². The average molecular weight is 339 g/mol. The first-order valence-electron chi connectivity index (χ1n) is 7.97. The summed E-state index contributed by atoms with van der Waals surface area (Å²) in [6, 6.07) is 0. The summed E-state index contributed by atoms with van der Waals surface area (Å²) in [7, 11) is 0. The van der Waals surface area contributed by atoms with Crippen LogP contribution in [0.3, 0.4) is 0 Å². The lowest BCUT2D eigenvalue weighted by molar-refractivity contribution is -0.155. The van der Waals surface area contributed by atoms with Crippen molar-refractivity contribution in [1.82, 2.24) is 5.32 Å². The molecule has 0 radical (unpaired) electrons. The van der Waals surface area contributed by atoms with Gasteiger partial charge in [-0.15, -0.1) is 0 Å². The van der Waals surface area contributed by atoms with E-state index in [4.69, 9.17) is 9.47 Å². The maximum absolute atomic E-state index is 11.8. The van der Waals surface area contributed by atoms with E-state index in [-0.39, 0.29) is 43.1 Å². The number of rotatable bonds is 10. The monoisotopic (exact) mass is 339 g/mol. The molecule has 1 atom stereocenters. The van der Waals surface area contributed by atoms with Crippen LogP contribution in [0.15, 0.2) is 24.3 Å². The van der Waals surface area contributed by atoms with Crippen LogP contribution in [0.5, 0.6) is 0 Å². The predicted octanol–water partition coefficient (Wildman–Crippen LogP) is 2.39. The van der Waals surface area contributed by atoms with Crippen LogP contribution in [0.1, 0.15) is 41.0 Å². The minimum Gasteiger partial charge on any atom is -0.465 e. The molecule has 0 aromatic rings. The zero-order valence-electron chi connectivity index (χ0n) is 15.4. The van der Waals surface area contributed by atoms with Gasteiger partial charge >= 0.3 is 11.9 Å². The third kappa shape index (κ3) is 7.44. The van der Waals surface area contributed by atoms with E-state index in [1.165, 1.54) is 0 Å². The van der Waals surface area contributed by atoms with E-state index in [1.807, 2.05) is 6.92 Å². The molecule has 0 aromatic carbocycles. The lowest BCUT2D eigenvalue weighted by Crippen LogP contribution is -2.45. The van der Waals surface area contributed by atoms with Crippen LogP contribution in [-0.4, -0.2) is 37.6 Å². The maximum Gasteiger partial charge on any atom is 0.333 e. The van der Waals surface area contributed by atoms with Gasteiger partial charge in [-0.1, -0.05) is 33.9 Å². The van der Waals surface area contributed by atoms with Gasteiger partial charge in [0.05, 0.1) is 11.3 Å². The maximum atomic E-state index is 11.8. The molecule has 0 saturated heterocycles. The number of amides is 1. The lowest BCUT2D eigenvalue weighted by atomic mass is 9.86. The van der Waals surface area contributed by atoms with Gasteiger partial charge < -0.3 is 14.8 Å². The van der Waals surface area contributed by atoms with Crippen molar-refractivity contribution < 1.29 is 23.9 Å². The van der Waals surface area contributed by atoms with Gasteiger partial charge in [0, 0.05) is 17.7 Å². The number of carbonyl (C=O) groups is 3. The molecule has 0 rings (SSSR count). The SMILES string of the molecule is C=C(C)C(=O)NCC(CC)(COC(=O)C(=C)C)COC(=O)C(C)C. The third-order valence-electron chi connectivity index (χ3n) is 3.61. The highest BCUT2D eigenvalue weighted by Crippen LogP contribution is 2.24. The predicted molar refractivity (Wildman–Crippen MR) is 92.1 cm³/mol. The smallest absolute Gasteiger partial charge is 0.333 e. The van der Waals surface area contributed by atoms with E-state index in [2.05, 4.69) is 18.5 Å². The summed E-state index contributed by atoms with van der Waals surface area (Å²) in [5.74, 6) is -1.42. The Kier molecular flexibility index (Phi) is 9.03. The molecule has 0 saturated carbocycles. The molecule has 24 heavy (non-hydrogen) atoms. The molecular weight excluding hydrogens is 310 g/mol. The fourth-order valence-electron chi connectivity index (χ4n) is 1.62. The van der Waals surface area contributed by atoms with Crippen LogP contribution < -0.4 is 5.32 Å². The molecule has 1 N–H and O–H groups in total. The highest BCUT2D eigenvalue weighted by molar-refractivity contribution is 5.92. The molecule has 0 fully saturated rings. The summed E-state index contributed by atoms with van der Waals surface area (Å²) in [5.41, 5.74) is -0.0518. The zero-order chi connectivity index (χ0) is 18.9. The summed E-state index contributed by atoms with van der Waals surface area (Å²) >= 11 is 0. The van der Waals surface area contributed by atoms with Crippen molar-refractivity contribution in [2.75, 3.05) is 19.8 Å². The van der Waals surface area contributed by atoms with E-state index in [1.54, 1.807) is 27.7 Å². The Morgan fingerprint density at radius 2 is 1.58 bits per heavy atom. The number of hydrogen-bond donors (Lipinski definition) is 1. The molecule has 0 spiro atoms. The molecule has 1 unspecified atom stereocenters. The standard InChI is InChI=1S/C18H29NO5/c1-8-18(9-19-15(20)12(2)3,10-23-16(21)13(4)5)11-24-17(22)14(6)7/h14H,2,4,8-11H2,1,3,5-7H3,(H,19,20). The molecule has 6 heteroatoms. The molecule has 1 amide bonds. The minimum absolute atomic E-state index is 0.0110. The van der Waals surface area contributed by atoms with Gasteiger partial charge in [-0.2, -0.15) is 0 Å². The van der Waals surface area contributed by atoms with Crippen LogP contribution in [0.25, 0.3) is 0 Å². The Morgan fingerprint density at radius 3 is 2.00 bits per heavy atom. The first-order valence-corrected chi connectivity index (χ1v) is 7.97. The molecule has 0 aliphatic rings. The number of carbonyl (C=O) groups excluding carboxylic acids is 3. The molecule has 6 nitrogen and oxygen atoms in total. The van der Waals surface area contributed by atoms with Crippen molar-refractivity contribution in [2.45, 2.75) is 41.0 Å². The van der Waals surface area contributed by atoms with Crippen LogP contribution >= 0.6 is 0 Å². The van der Waals surface area contributed by atoms with Crippen molar-refractivity contribution in [1.29, 1.82) is 0 Å². The molecule has 0 heterocycles.